The van der Waals surface area contributed by atoms with Gasteiger partial charge in [0.25, 0.3) is 0 Å². The first-order chi connectivity index (χ1) is 9.49. The monoisotopic (exact) mass is 300 g/mol. The highest BCUT2D eigenvalue weighted by Gasteiger charge is 2.35. The maximum Gasteiger partial charge on any atom is 0.509 e. The van der Waals surface area contributed by atoms with E-state index in [9.17, 15) is 17.7 Å². The van der Waals surface area contributed by atoms with E-state index in [-0.39, 0.29) is 6.04 Å². The molecule has 0 N–H and O–H groups in total. The van der Waals surface area contributed by atoms with Gasteiger partial charge in [-0.1, -0.05) is 12.1 Å². The zero-order valence-corrected chi connectivity index (χ0v) is 12.5. The fourth-order valence-electron chi connectivity index (χ4n) is 2.44. The highest BCUT2D eigenvalue weighted by Crippen LogP contribution is 2.33. The number of carbonyl (C=O) groups excluding carboxylic acids is 1. The number of fused-ring (bicyclic) bond motifs is 1. The summed E-state index contributed by atoms with van der Waals surface area (Å²) in [6.45, 7) is 2.02. The molecule has 1 aromatic rings. The Morgan fingerprint density at radius 2 is 1.95 bits per heavy atom. The van der Waals surface area contributed by atoms with Crippen LogP contribution in [-0.4, -0.2) is 24.7 Å². The van der Waals surface area contributed by atoms with Gasteiger partial charge in [-0.3, -0.25) is 4.90 Å². The van der Waals surface area contributed by atoms with E-state index < -0.39 is 24.1 Å². The number of rotatable bonds is 1. The van der Waals surface area contributed by atoms with Crippen LogP contribution in [0.3, 0.4) is 0 Å². The summed E-state index contributed by atoms with van der Waals surface area (Å²) in [4.78, 5) is 13.6. The molecule has 7 heteroatoms. The van der Waals surface area contributed by atoms with Gasteiger partial charge in [-0.15, -0.1) is 5.46 Å². The van der Waals surface area contributed by atoms with Crippen molar-refractivity contribution in [2.24, 2.45) is 0 Å². The lowest BCUT2D eigenvalue weighted by Crippen LogP contribution is -2.40. The average molecular weight is 300 g/mol. The number of benzene rings is 1. The van der Waals surface area contributed by atoms with E-state index in [1.807, 2.05) is 0 Å². The predicted octanol–water partition coefficient (Wildman–Crippen LogP) is 3.43. The molecule has 1 aliphatic rings. The molecule has 0 aliphatic carbocycles. The van der Waals surface area contributed by atoms with Crippen LogP contribution in [0.4, 0.5) is 23.4 Å². The third-order valence-electron chi connectivity index (χ3n) is 3.29. The average Bonchev–Trinajstić information content (AvgIpc) is 2.59. The first kappa shape index (κ1) is 15.7. The Morgan fingerprint density at radius 3 is 2.48 bits per heavy atom. The van der Waals surface area contributed by atoms with Crippen molar-refractivity contribution in [3.63, 3.8) is 0 Å². The highest BCUT2D eigenvalue weighted by molar-refractivity contribution is 6.73. The van der Waals surface area contributed by atoms with Crippen molar-refractivity contribution in [3.05, 3.63) is 23.8 Å². The van der Waals surface area contributed by atoms with Gasteiger partial charge >= 0.3 is 13.1 Å². The summed E-state index contributed by atoms with van der Waals surface area (Å²) in [7, 11) is 0. The number of amides is 1. The molecule has 1 aliphatic heterocycles. The summed E-state index contributed by atoms with van der Waals surface area (Å²) in [6, 6.07) is 3.29. The summed E-state index contributed by atoms with van der Waals surface area (Å²) in [6.07, 6.45) is -0.131. The van der Waals surface area contributed by atoms with Crippen LogP contribution in [0.2, 0.25) is 0 Å². The molecule has 0 unspecified atom stereocenters. The summed E-state index contributed by atoms with van der Waals surface area (Å²) in [5.41, 5.74) is -0.244. The normalized spacial score (nSPS) is 18.6. The zero-order chi connectivity index (χ0) is 16.0. The molecule has 0 saturated carbocycles. The number of hydrogen-bond donors (Lipinski definition) is 0. The van der Waals surface area contributed by atoms with Gasteiger partial charge in [0.1, 0.15) is 5.60 Å². The second-order valence-corrected chi connectivity index (χ2v) is 6.37. The molecule has 0 aromatic heterocycles. The van der Waals surface area contributed by atoms with E-state index >= 15 is 0 Å². The van der Waals surface area contributed by atoms with E-state index in [1.165, 1.54) is 11.0 Å². The van der Waals surface area contributed by atoms with Crippen LogP contribution in [0.1, 0.15) is 33.3 Å². The summed E-state index contributed by atoms with van der Waals surface area (Å²) in [5, 5.41) is 0. The van der Waals surface area contributed by atoms with Crippen LogP contribution in [0.25, 0.3) is 0 Å². The molecular formula is C14H18BF3NO2-. The van der Waals surface area contributed by atoms with Gasteiger partial charge in [0.05, 0.1) is 5.69 Å². The standard InChI is InChI=1S/C14H18BF3NO2/c1-9-7-10-8-11(15(16,17)18)5-6-12(10)19(9)13(20)21-14(2,3)4/h5-6,8-9H,7H2,1-4H3/q-1/t9-/m0/s1. The van der Waals surface area contributed by atoms with Gasteiger partial charge in [-0.25, -0.2) is 4.79 Å². The lowest BCUT2D eigenvalue weighted by molar-refractivity contribution is 0.0572. The van der Waals surface area contributed by atoms with E-state index in [0.717, 1.165) is 12.1 Å². The Labute approximate surface area is 122 Å². The third kappa shape index (κ3) is 3.33. The Balaban J connectivity index is 2.32. The van der Waals surface area contributed by atoms with Crippen LogP contribution in [0, 0.1) is 0 Å². The number of anilines is 1. The van der Waals surface area contributed by atoms with Gasteiger partial charge < -0.3 is 17.7 Å². The predicted molar refractivity (Wildman–Crippen MR) is 77.0 cm³/mol. The summed E-state index contributed by atoms with van der Waals surface area (Å²) >= 11 is 0. The van der Waals surface area contributed by atoms with Crippen molar-refractivity contribution in [2.45, 2.75) is 45.8 Å². The smallest absolute Gasteiger partial charge is 0.445 e. The lowest BCUT2D eigenvalue weighted by atomic mass is 9.79. The second kappa shape index (κ2) is 4.96. The quantitative estimate of drug-likeness (QED) is 0.744. The van der Waals surface area contributed by atoms with Crippen molar-refractivity contribution in [1.29, 1.82) is 0 Å². The zero-order valence-electron chi connectivity index (χ0n) is 12.5. The van der Waals surface area contributed by atoms with E-state index in [1.54, 1.807) is 27.7 Å². The first-order valence-electron chi connectivity index (χ1n) is 6.84. The summed E-state index contributed by atoms with van der Waals surface area (Å²) < 4.78 is 43.7. The minimum Gasteiger partial charge on any atom is -0.445 e. The number of nitrogens with zero attached hydrogens (tertiary/aromatic N) is 1. The Kier molecular flexibility index (Phi) is 3.72. The first-order valence-corrected chi connectivity index (χ1v) is 6.84. The van der Waals surface area contributed by atoms with Crippen molar-refractivity contribution in [3.8, 4) is 0 Å². The van der Waals surface area contributed by atoms with E-state index in [2.05, 4.69) is 0 Å². The van der Waals surface area contributed by atoms with E-state index in [4.69, 9.17) is 4.74 Å². The van der Waals surface area contributed by atoms with Crippen LogP contribution >= 0.6 is 0 Å². The van der Waals surface area contributed by atoms with E-state index in [0.29, 0.717) is 17.7 Å². The minimum absolute atomic E-state index is 0.217. The molecule has 0 spiro atoms. The van der Waals surface area contributed by atoms with Gasteiger partial charge in [-0.2, -0.15) is 0 Å². The minimum atomic E-state index is -5.03. The van der Waals surface area contributed by atoms with Crippen molar-refractivity contribution in [2.75, 3.05) is 4.90 Å². The number of halogens is 3. The SMILES string of the molecule is C[C@H]1Cc2cc([B-](F)(F)F)ccc2N1C(=O)OC(C)(C)C. The summed E-state index contributed by atoms with van der Waals surface area (Å²) in [5.74, 6) is 0. The molecule has 3 nitrogen and oxygen atoms in total. The molecule has 0 saturated heterocycles. The van der Waals surface area contributed by atoms with Crippen LogP contribution < -0.4 is 10.4 Å². The molecule has 116 valence electrons. The van der Waals surface area contributed by atoms with Crippen LogP contribution in [0.5, 0.6) is 0 Å². The fourth-order valence-corrected chi connectivity index (χ4v) is 2.44. The fraction of sp³-hybridized carbons (Fsp3) is 0.500. The number of hydrogen-bond acceptors (Lipinski definition) is 2. The Hall–Kier alpha value is -1.66. The molecule has 0 radical (unpaired) electrons. The topological polar surface area (TPSA) is 29.5 Å². The second-order valence-electron chi connectivity index (χ2n) is 6.37. The largest absolute Gasteiger partial charge is 0.509 e. The molecule has 1 amide bonds. The van der Waals surface area contributed by atoms with Crippen molar-refractivity contribution in [1.82, 2.24) is 0 Å². The number of carbonyl (C=O) groups is 1. The molecule has 2 rings (SSSR count). The molecule has 1 aromatic carbocycles. The maximum atomic E-state index is 12.8. The van der Waals surface area contributed by atoms with Gasteiger partial charge in [-0.05, 0) is 45.7 Å². The lowest BCUT2D eigenvalue weighted by Gasteiger charge is -2.27. The van der Waals surface area contributed by atoms with Crippen LogP contribution in [-0.2, 0) is 11.2 Å². The molecule has 1 atom stereocenters. The molecule has 0 bridgehead atoms. The molecular weight excluding hydrogens is 282 g/mol. The Bertz CT molecular complexity index is 566. The van der Waals surface area contributed by atoms with Crippen molar-refractivity contribution >= 4 is 24.2 Å². The molecule has 21 heavy (non-hydrogen) atoms. The highest BCUT2D eigenvalue weighted by atomic mass is 19.4. The Morgan fingerprint density at radius 1 is 1.33 bits per heavy atom. The van der Waals surface area contributed by atoms with Gasteiger partial charge in [0.2, 0.25) is 0 Å². The maximum absolute atomic E-state index is 12.8. The third-order valence-corrected chi connectivity index (χ3v) is 3.29. The molecule has 0 fully saturated rings. The van der Waals surface area contributed by atoms with Gasteiger partial charge in [0.15, 0.2) is 0 Å². The molecule has 1 heterocycles. The van der Waals surface area contributed by atoms with Crippen LogP contribution in [0.15, 0.2) is 18.2 Å². The van der Waals surface area contributed by atoms with Crippen molar-refractivity contribution < 1.29 is 22.5 Å². The van der Waals surface area contributed by atoms with Gasteiger partial charge in [0, 0.05) is 6.04 Å². The number of ether oxygens (including phenoxy) is 1.